The van der Waals surface area contributed by atoms with Crippen molar-refractivity contribution in [1.29, 1.82) is 0 Å². The molecule has 0 radical (unpaired) electrons. The molecular weight excluding hydrogens is 356 g/mol. The fourth-order valence-corrected chi connectivity index (χ4v) is 2.75. The molecule has 4 rings (SSSR count). The van der Waals surface area contributed by atoms with Gasteiger partial charge in [0.05, 0.1) is 0 Å². The first-order valence-corrected chi connectivity index (χ1v) is 9.16. The highest BCUT2D eigenvalue weighted by molar-refractivity contribution is 6.02. The van der Waals surface area contributed by atoms with Crippen molar-refractivity contribution < 1.29 is 9.32 Å². The van der Waals surface area contributed by atoms with Gasteiger partial charge in [0.1, 0.15) is 11.6 Å². The van der Waals surface area contributed by atoms with Gasteiger partial charge in [0.15, 0.2) is 5.69 Å². The maximum atomic E-state index is 12.3. The first-order chi connectivity index (χ1) is 13.5. The number of carbonyl (C=O) groups excluding carboxylic acids is 1. The quantitative estimate of drug-likeness (QED) is 0.675. The Morgan fingerprint density at radius 2 is 1.82 bits per heavy atom. The molecule has 2 N–H and O–H groups in total. The maximum Gasteiger partial charge on any atom is 0.277 e. The Labute approximate surface area is 163 Å². The third-order valence-corrected chi connectivity index (χ3v) is 4.44. The van der Waals surface area contributed by atoms with E-state index >= 15 is 0 Å². The summed E-state index contributed by atoms with van der Waals surface area (Å²) in [5.41, 5.74) is 2.67. The van der Waals surface area contributed by atoms with Crippen LogP contribution < -0.4 is 15.5 Å². The van der Waals surface area contributed by atoms with E-state index in [2.05, 4.69) is 25.8 Å². The van der Waals surface area contributed by atoms with Gasteiger partial charge in [-0.25, -0.2) is 4.98 Å². The van der Waals surface area contributed by atoms with Crippen LogP contribution in [-0.4, -0.2) is 35.1 Å². The van der Waals surface area contributed by atoms with Gasteiger partial charge in [-0.3, -0.25) is 4.79 Å². The van der Waals surface area contributed by atoms with Crippen LogP contribution in [0.1, 0.15) is 40.7 Å². The summed E-state index contributed by atoms with van der Waals surface area (Å²) in [7, 11) is 3.87. The van der Waals surface area contributed by atoms with E-state index in [1.807, 2.05) is 56.3 Å². The molecule has 0 aliphatic heterocycles. The molecule has 0 unspecified atom stereocenters. The lowest BCUT2D eigenvalue weighted by Gasteiger charge is -2.14. The van der Waals surface area contributed by atoms with E-state index < -0.39 is 0 Å². The summed E-state index contributed by atoms with van der Waals surface area (Å²) in [4.78, 5) is 23.1. The van der Waals surface area contributed by atoms with Gasteiger partial charge in [0.2, 0.25) is 5.95 Å². The monoisotopic (exact) mass is 378 g/mol. The van der Waals surface area contributed by atoms with Crippen LogP contribution in [0.2, 0.25) is 0 Å². The number of anilines is 4. The SMILES string of the molecule is Cc1cc(N(C)C)nc(Nc2ccc(NC(=O)c3cc(C4CC4)on3)cc2)n1. The zero-order valence-electron chi connectivity index (χ0n) is 16.1. The highest BCUT2D eigenvalue weighted by atomic mass is 16.5. The van der Waals surface area contributed by atoms with Gasteiger partial charge in [-0.2, -0.15) is 4.98 Å². The third kappa shape index (κ3) is 4.11. The molecular formula is C20H22N6O2. The van der Waals surface area contributed by atoms with E-state index in [1.165, 1.54) is 0 Å². The second-order valence-corrected chi connectivity index (χ2v) is 7.13. The average Bonchev–Trinajstić information content (AvgIpc) is 3.39. The summed E-state index contributed by atoms with van der Waals surface area (Å²) in [6.45, 7) is 1.93. The molecule has 1 fully saturated rings. The van der Waals surface area contributed by atoms with Crippen LogP contribution in [0.15, 0.2) is 40.9 Å². The minimum atomic E-state index is -0.283. The van der Waals surface area contributed by atoms with Crippen molar-refractivity contribution in [3.63, 3.8) is 0 Å². The molecule has 0 atom stereocenters. The van der Waals surface area contributed by atoms with Crippen LogP contribution in [0, 0.1) is 6.92 Å². The summed E-state index contributed by atoms with van der Waals surface area (Å²) in [6.07, 6.45) is 2.21. The van der Waals surface area contributed by atoms with Gasteiger partial charge < -0.3 is 20.1 Å². The summed E-state index contributed by atoms with van der Waals surface area (Å²) in [5.74, 6) is 2.29. The molecule has 0 bridgehead atoms. The lowest BCUT2D eigenvalue weighted by Crippen LogP contribution is -2.13. The topological polar surface area (TPSA) is 96.2 Å². The predicted octanol–water partition coefficient (Wildman–Crippen LogP) is 3.71. The molecule has 2 heterocycles. The molecule has 1 amide bonds. The van der Waals surface area contributed by atoms with Crippen molar-refractivity contribution in [3.05, 3.63) is 53.5 Å². The minimum absolute atomic E-state index is 0.283. The van der Waals surface area contributed by atoms with E-state index in [4.69, 9.17) is 4.52 Å². The van der Waals surface area contributed by atoms with Crippen LogP contribution in [0.5, 0.6) is 0 Å². The number of hydrogen-bond donors (Lipinski definition) is 2. The number of nitrogens with one attached hydrogen (secondary N) is 2. The first kappa shape index (κ1) is 18.0. The average molecular weight is 378 g/mol. The molecule has 1 aliphatic carbocycles. The lowest BCUT2D eigenvalue weighted by atomic mass is 10.2. The van der Waals surface area contributed by atoms with Crippen LogP contribution in [0.25, 0.3) is 0 Å². The number of hydrogen-bond acceptors (Lipinski definition) is 7. The van der Waals surface area contributed by atoms with Gasteiger partial charge in [-0.15, -0.1) is 0 Å². The zero-order valence-corrected chi connectivity index (χ0v) is 16.1. The van der Waals surface area contributed by atoms with Crippen LogP contribution in [0.4, 0.5) is 23.1 Å². The zero-order chi connectivity index (χ0) is 19.7. The molecule has 0 spiro atoms. The third-order valence-electron chi connectivity index (χ3n) is 4.44. The fourth-order valence-electron chi connectivity index (χ4n) is 2.75. The van der Waals surface area contributed by atoms with Crippen LogP contribution in [-0.2, 0) is 0 Å². The first-order valence-electron chi connectivity index (χ1n) is 9.16. The minimum Gasteiger partial charge on any atom is -0.363 e. The molecule has 1 aromatic carbocycles. The number of benzene rings is 1. The predicted molar refractivity (Wildman–Crippen MR) is 107 cm³/mol. The Morgan fingerprint density at radius 1 is 1.11 bits per heavy atom. The molecule has 1 aliphatic rings. The highest BCUT2D eigenvalue weighted by Gasteiger charge is 2.28. The van der Waals surface area contributed by atoms with Crippen molar-refractivity contribution in [1.82, 2.24) is 15.1 Å². The number of aromatic nitrogens is 3. The van der Waals surface area contributed by atoms with Gasteiger partial charge in [0.25, 0.3) is 5.91 Å². The Kier molecular flexibility index (Phi) is 4.68. The molecule has 3 aromatic rings. The number of aryl methyl sites for hydroxylation is 1. The normalized spacial score (nSPS) is 13.2. The van der Waals surface area contributed by atoms with Crippen molar-refractivity contribution >= 4 is 29.0 Å². The van der Waals surface area contributed by atoms with E-state index in [1.54, 1.807) is 6.07 Å². The molecule has 1 saturated carbocycles. The summed E-state index contributed by atoms with van der Waals surface area (Å²) in [5, 5.41) is 9.87. The Hall–Kier alpha value is -3.42. The number of amides is 1. The van der Waals surface area contributed by atoms with E-state index in [0.29, 0.717) is 23.2 Å². The highest BCUT2D eigenvalue weighted by Crippen LogP contribution is 2.40. The van der Waals surface area contributed by atoms with Gasteiger partial charge in [-0.1, -0.05) is 5.16 Å². The van der Waals surface area contributed by atoms with Crippen molar-refractivity contribution in [2.75, 3.05) is 29.6 Å². The fraction of sp³-hybridized carbons (Fsp3) is 0.300. The molecule has 8 nitrogen and oxygen atoms in total. The standard InChI is InChI=1S/C20H22N6O2/c1-12-10-18(26(2)3)24-20(21-12)23-15-8-6-14(7-9-15)22-19(27)16-11-17(28-25-16)13-4-5-13/h6-11,13H,4-5H2,1-3H3,(H,22,27)(H,21,23,24). The lowest BCUT2D eigenvalue weighted by molar-refractivity contribution is 0.101. The second-order valence-electron chi connectivity index (χ2n) is 7.13. The summed E-state index contributed by atoms with van der Waals surface area (Å²) in [6, 6.07) is 11.0. The molecule has 2 aromatic heterocycles. The molecule has 0 saturated heterocycles. The van der Waals surface area contributed by atoms with Crippen LogP contribution >= 0.6 is 0 Å². The Balaban J connectivity index is 1.41. The maximum absolute atomic E-state index is 12.3. The van der Waals surface area contributed by atoms with E-state index in [-0.39, 0.29) is 5.91 Å². The smallest absolute Gasteiger partial charge is 0.277 e. The van der Waals surface area contributed by atoms with Gasteiger partial charge >= 0.3 is 0 Å². The van der Waals surface area contributed by atoms with E-state index in [9.17, 15) is 4.79 Å². The summed E-state index contributed by atoms with van der Waals surface area (Å²) < 4.78 is 5.23. The Morgan fingerprint density at radius 3 is 2.50 bits per heavy atom. The second kappa shape index (κ2) is 7.30. The van der Waals surface area contributed by atoms with E-state index in [0.717, 1.165) is 35.8 Å². The van der Waals surface area contributed by atoms with Gasteiger partial charge in [-0.05, 0) is 44.0 Å². The molecule has 8 heteroatoms. The van der Waals surface area contributed by atoms with Gasteiger partial charge in [0, 0.05) is 49.2 Å². The van der Waals surface area contributed by atoms with Crippen LogP contribution in [0.3, 0.4) is 0 Å². The van der Waals surface area contributed by atoms with Crippen molar-refractivity contribution in [2.24, 2.45) is 0 Å². The largest absolute Gasteiger partial charge is 0.363 e. The number of carbonyl (C=O) groups is 1. The molecule has 144 valence electrons. The van der Waals surface area contributed by atoms with Crippen molar-refractivity contribution in [3.8, 4) is 0 Å². The summed E-state index contributed by atoms with van der Waals surface area (Å²) >= 11 is 0. The number of nitrogens with zero attached hydrogens (tertiary/aromatic N) is 4. The van der Waals surface area contributed by atoms with Crippen molar-refractivity contribution in [2.45, 2.75) is 25.7 Å². The molecule has 28 heavy (non-hydrogen) atoms. The Bertz CT molecular complexity index is 992. The number of rotatable bonds is 6.